The molecular formula is C16H23NO4S2. The molecule has 1 heterocycles. The fraction of sp³-hybridized carbons (Fsp3) is 0.625. The highest BCUT2D eigenvalue weighted by molar-refractivity contribution is 7.96. The van der Waals surface area contributed by atoms with Crippen LogP contribution in [0, 0.1) is 6.92 Å². The van der Waals surface area contributed by atoms with Crippen LogP contribution in [-0.4, -0.2) is 45.7 Å². The van der Waals surface area contributed by atoms with Crippen molar-refractivity contribution in [2.75, 3.05) is 11.5 Å². The molecule has 1 aromatic carbocycles. The average molecular weight is 357 g/mol. The van der Waals surface area contributed by atoms with Gasteiger partial charge in [-0.05, 0) is 31.9 Å². The summed E-state index contributed by atoms with van der Waals surface area (Å²) in [5.41, 5.74) is 0.976. The van der Waals surface area contributed by atoms with Crippen molar-refractivity contribution in [3.05, 3.63) is 29.8 Å². The van der Waals surface area contributed by atoms with Crippen LogP contribution < -0.4 is 5.32 Å². The van der Waals surface area contributed by atoms with E-state index >= 15 is 0 Å². The standard InChI is InChI=1S/C16H23NO4S2/c1-12-6-8-14(9-7-12)23(20,21)16-11-22(18,19)10-15(16)17-13-4-2-3-5-13/h6-9,13,15-17H,2-5,10-11H2,1H3/t15-,16-/m1/s1. The first-order chi connectivity index (χ1) is 10.8. The molecule has 3 rings (SSSR count). The Balaban J connectivity index is 1.89. The minimum Gasteiger partial charge on any atom is -0.309 e. The maximum absolute atomic E-state index is 12.9. The third-order valence-corrected chi connectivity index (χ3v) is 9.02. The van der Waals surface area contributed by atoms with Gasteiger partial charge >= 0.3 is 0 Å². The zero-order valence-electron chi connectivity index (χ0n) is 13.2. The van der Waals surface area contributed by atoms with Gasteiger partial charge in [0.15, 0.2) is 19.7 Å². The predicted molar refractivity (Wildman–Crippen MR) is 90.0 cm³/mol. The molecule has 0 spiro atoms. The van der Waals surface area contributed by atoms with Gasteiger partial charge in [-0.15, -0.1) is 0 Å². The van der Waals surface area contributed by atoms with Crippen molar-refractivity contribution < 1.29 is 16.8 Å². The summed E-state index contributed by atoms with van der Waals surface area (Å²) >= 11 is 0. The average Bonchev–Trinajstić information content (AvgIpc) is 3.07. The number of benzene rings is 1. The molecule has 0 aromatic heterocycles. The summed E-state index contributed by atoms with van der Waals surface area (Å²) in [6.45, 7) is 1.89. The van der Waals surface area contributed by atoms with E-state index in [4.69, 9.17) is 0 Å². The number of hydrogen-bond acceptors (Lipinski definition) is 5. The van der Waals surface area contributed by atoms with Gasteiger partial charge in [0.05, 0.1) is 21.7 Å². The Morgan fingerprint density at radius 1 is 1.04 bits per heavy atom. The topological polar surface area (TPSA) is 80.3 Å². The highest BCUT2D eigenvalue weighted by Gasteiger charge is 2.46. The maximum atomic E-state index is 12.9. The molecule has 2 fully saturated rings. The fourth-order valence-corrected chi connectivity index (χ4v) is 8.25. The Bertz CT molecular complexity index is 763. The van der Waals surface area contributed by atoms with Crippen LogP contribution in [0.1, 0.15) is 31.2 Å². The van der Waals surface area contributed by atoms with Gasteiger partial charge in [-0.1, -0.05) is 30.5 Å². The number of nitrogens with one attached hydrogen (secondary N) is 1. The van der Waals surface area contributed by atoms with Crippen LogP contribution in [0.2, 0.25) is 0 Å². The normalized spacial score (nSPS) is 28.2. The largest absolute Gasteiger partial charge is 0.309 e. The van der Waals surface area contributed by atoms with E-state index in [2.05, 4.69) is 5.32 Å². The van der Waals surface area contributed by atoms with E-state index in [9.17, 15) is 16.8 Å². The molecule has 2 aliphatic rings. The predicted octanol–water partition coefficient (Wildman–Crippen LogP) is 1.47. The molecule has 1 aliphatic carbocycles. The van der Waals surface area contributed by atoms with Gasteiger partial charge in [-0.25, -0.2) is 16.8 Å². The van der Waals surface area contributed by atoms with Gasteiger partial charge in [0.2, 0.25) is 0 Å². The molecule has 0 amide bonds. The molecule has 1 saturated heterocycles. The molecule has 23 heavy (non-hydrogen) atoms. The van der Waals surface area contributed by atoms with E-state index < -0.39 is 31.0 Å². The summed E-state index contributed by atoms with van der Waals surface area (Å²) in [5.74, 6) is -0.368. The minimum absolute atomic E-state index is 0.0841. The molecular weight excluding hydrogens is 334 g/mol. The monoisotopic (exact) mass is 357 g/mol. The number of sulfone groups is 2. The van der Waals surface area contributed by atoms with Gasteiger partial charge in [-0.2, -0.15) is 0 Å². The molecule has 5 nitrogen and oxygen atoms in total. The van der Waals surface area contributed by atoms with Crippen molar-refractivity contribution in [3.8, 4) is 0 Å². The van der Waals surface area contributed by atoms with E-state index in [0.29, 0.717) is 0 Å². The molecule has 1 aliphatic heterocycles. The third-order valence-electron chi connectivity index (χ3n) is 4.85. The van der Waals surface area contributed by atoms with Crippen LogP contribution in [0.15, 0.2) is 29.2 Å². The first kappa shape index (κ1) is 16.9. The van der Waals surface area contributed by atoms with Crippen LogP contribution in [0.3, 0.4) is 0 Å². The summed E-state index contributed by atoms with van der Waals surface area (Å²) < 4.78 is 49.9. The molecule has 7 heteroatoms. The third kappa shape index (κ3) is 3.61. The van der Waals surface area contributed by atoms with E-state index in [0.717, 1.165) is 31.2 Å². The second-order valence-corrected chi connectivity index (χ2v) is 11.0. The van der Waals surface area contributed by atoms with Crippen molar-refractivity contribution in [1.29, 1.82) is 0 Å². The molecule has 0 bridgehead atoms. The van der Waals surface area contributed by atoms with Gasteiger partial charge in [0.25, 0.3) is 0 Å². The van der Waals surface area contributed by atoms with Gasteiger partial charge < -0.3 is 5.32 Å². The zero-order chi connectivity index (χ0) is 16.7. The summed E-state index contributed by atoms with van der Waals surface area (Å²) in [6, 6.07) is 6.37. The van der Waals surface area contributed by atoms with Crippen LogP contribution in [0.5, 0.6) is 0 Å². The highest BCUT2D eigenvalue weighted by Crippen LogP contribution is 2.28. The summed E-state index contributed by atoms with van der Waals surface area (Å²) in [7, 11) is -6.99. The van der Waals surface area contributed by atoms with Gasteiger partial charge in [0.1, 0.15) is 0 Å². The van der Waals surface area contributed by atoms with Crippen LogP contribution >= 0.6 is 0 Å². The van der Waals surface area contributed by atoms with Crippen LogP contribution in [-0.2, 0) is 19.7 Å². The van der Waals surface area contributed by atoms with Gasteiger partial charge in [-0.3, -0.25) is 0 Å². The van der Waals surface area contributed by atoms with Crippen molar-refractivity contribution in [3.63, 3.8) is 0 Å². The second kappa shape index (κ2) is 6.18. The van der Waals surface area contributed by atoms with Crippen molar-refractivity contribution in [1.82, 2.24) is 5.32 Å². The molecule has 1 saturated carbocycles. The second-order valence-electron chi connectivity index (χ2n) is 6.73. The lowest BCUT2D eigenvalue weighted by Crippen LogP contribution is -2.47. The summed E-state index contributed by atoms with van der Waals surface area (Å²) in [4.78, 5) is 0.212. The molecule has 1 aromatic rings. The Morgan fingerprint density at radius 3 is 2.26 bits per heavy atom. The quantitative estimate of drug-likeness (QED) is 0.882. The Morgan fingerprint density at radius 2 is 1.65 bits per heavy atom. The van der Waals surface area contributed by atoms with E-state index in [1.54, 1.807) is 24.3 Å². The molecule has 128 valence electrons. The Labute approximate surface area is 138 Å². The van der Waals surface area contributed by atoms with Crippen LogP contribution in [0.4, 0.5) is 0 Å². The molecule has 0 unspecified atom stereocenters. The lowest BCUT2D eigenvalue weighted by molar-refractivity contribution is 0.449. The molecule has 1 N–H and O–H groups in total. The van der Waals surface area contributed by atoms with Crippen molar-refractivity contribution in [2.24, 2.45) is 0 Å². The lowest BCUT2D eigenvalue weighted by atomic mass is 10.2. The maximum Gasteiger partial charge on any atom is 0.183 e. The van der Waals surface area contributed by atoms with E-state index in [1.165, 1.54) is 0 Å². The van der Waals surface area contributed by atoms with Crippen LogP contribution in [0.25, 0.3) is 0 Å². The highest BCUT2D eigenvalue weighted by atomic mass is 32.2. The Hall–Kier alpha value is -0.920. The first-order valence-electron chi connectivity index (χ1n) is 8.05. The molecule has 2 atom stereocenters. The minimum atomic E-state index is -3.66. The first-order valence-corrected chi connectivity index (χ1v) is 11.4. The SMILES string of the molecule is Cc1ccc(S(=O)(=O)[C@@H]2CS(=O)(=O)C[C@H]2NC2CCCC2)cc1. The van der Waals surface area contributed by atoms with E-state index in [-0.39, 0.29) is 22.4 Å². The zero-order valence-corrected chi connectivity index (χ0v) is 14.9. The number of aryl methyl sites for hydroxylation is 1. The van der Waals surface area contributed by atoms with Crippen molar-refractivity contribution >= 4 is 19.7 Å². The Kier molecular flexibility index (Phi) is 4.55. The van der Waals surface area contributed by atoms with E-state index in [1.807, 2.05) is 6.92 Å². The number of rotatable bonds is 4. The summed E-state index contributed by atoms with van der Waals surface area (Å²) in [5, 5.41) is 2.42. The molecule has 0 radical (unpaired) electrons. The smallest absolute Gasteiger partial charge is 0.183 e. The van der Waals surface area contributed by atoms with Crippen molar-refractivity contribution in [2.45, 2.75) is 54.8 Å². The lowest BCUT2D eigenvalue weighted by Gasteiger charge is -2.23. The fourth-order valence-electron chi connectivity index (χ4n) is 3.57. The summed E-state index contributed by atoms with van der Waals surface area (Å²) in [6.07, 6.45) is 4.22. The van der Waals surface area contributed by atoms with Gasteiger partial charge in [0, 0.05) is 12.1 Å². The number of hydrogen-bond donors (Lipinski definition) is 1.